The molecule has 1 aliphatic rings. The summed E-state index contributed by atoms with van der Waals surface area (Å²) in [6.07, 6.45) is 5.09. The van der Waals surface area contributed by atoms with Crippen molar-refractivity contribution in [3.63, 3.8) is 0 Å². The zero-order valence-corrected chi connectivity index (χ0v) is 7.06. The maximum atomic E-state index is 8.92. The molecular formula is C9H18O. The van der Waals surface area contributed by atoms with Gasteiger partial charge in [0.15, 0.2) is 0 Å². The van der Waals surface area contributed by atoms with Gasteiger partial charge in [-0.25, -0.2) is 0 Å². The monoisotopic (exact) mass is 142 g/mol. The average Bonchev–Trinajstić information content (AvgIpc) is 1.86. The lowest BCUT2D eigenvalue weighted by atomic mass is 9.72. The van der Waals surface area contributed by atoms with Crippen LogP contribution >= 0.6 is 0 Å². The van der Waals surface area contributed by atoms with E-state index in [0.29, 0.717) is 17.9 Å². The van der Waals surface area contributed by atoms with Gasteiger partial charge in [0.1, 0.15) is 0 Å². The minimum atomic E-state index is 0.392. The van der Waals surface area contributed by atoms with Gasteiger partial charge in [-0.1, -0.05) is 20.3 Å². The first kappa shape index (κ1) is 8.06. The van der Waals surface area contributed by atoms with Gasteiger partial charge in [-0.15, -0.1) is 0 Å². The van der Waals surface area contributed by atoms with Gasteiger partial charge in [-0.2, -0.15) is 0 Å². The highest BCUT2D eigenvalue weighted by molar-refractivity contribution is 4.78. The highest BCUT2D eigenvalue weighted by atomic mass is 16.3. The lowest BCUT2D eigenvalue weighted by molar-refractivity contribution is 0.119. The first-order chi connectivity index (χ1) is 4.64. The Bertz CT molecular complexity index is 107. The van der Waals surface area contributed by atoms with E-state index in [1.807, 2.05) is 0 Å². The van der Waals surface area contributed by atoms with Gasteiger partial charge in [-0.3, -0.25) is 0 Å². The molecule has 0 unspecified atom stereocenters. The highest BCUT2D eigenvalue weighted by Crippen LogP contribution is 2.37. The summed E-state index contributed by atoms with van der Waals surface area (Å²) in [4.78, 5) is 0. The first-order valence-electron chi connectivity index (χ1n) is 4.25. The lowest BCUT2D eigenvalue weighted by Crippen LogP contribution is -2.24. The summed E-state index contributed by atoms with van der Waals surface area (Å²) in [5.41, 5.74) is 0.492. The number of aliphatic hydroxyl groups is 1. The van der Waals surface area contributed by atoms with Crippen LogP contribution in [-0.2, 0) is 0 Å². The SMILES string of the molecule is CC1(C)CCC[C@@H](CO)C1. The summed E-state index contributed by atoms with van der Waals surface area (Å²) >= 11 is 0. The van der Waals surface area contributed by atoms with Gasteiger partial charge in [0.25, 0.3) is 0 Å². The summed E-state index contributed by atoms with van der Waals surface area (Å²) in [5, 5.41) is 8.92. The van der Waals surface area contributed by atoms with Gasteiger partial charge in [0.2, 0.25) is 0 Å². The van der Waals surface area contributed by atoms with Crippen LogP contribution in [0.15, 0.2) is 0 Å². The van der Waals surface area contributed by atoms with Crippen LogP contribution in [0.25, 0.3) is 0 Å². The molecule has 60 valence electrons. The number of aliphatic hydroxyl groups excluding tert-OH is 1. The van der Waals surface area contributed by atoms with Crippen molar-refractivity contribution >= 4 is 0 Å². The van der Waals surface area contributed by atoms with Crippen molar-refractivity contribution in [2.75, 3.05) is 6.61 Å². The lowest BCUT2D eigenvalue weighted by Gasteiger charge is -2.34. The summed E-state index contributed by atoms with van der Waals surface area (Å²) in [6.45, 7) is 4.99. The molecule has 1 aliphatic carbocycles. The molecule has 1 fully saturated rings. The maximum absolute atomic E-state index is 8.92. The third-order valence-electron chi connectivity index (χ3n) is 2.57. The van der Waals surface area contributed by atoms with E-state index >= 15 is 0 Å². The van der Waals surface area contributed by atoms with Crippen molar-refractivity contribution < 1.29 is 5.11 Å². The Morgan fingerprint density at radius 1 is 1.50 bits per heavy atom. The number of rotatable bonds is 1. The summed E-state index contributed by atoms with van der Waals surface area (Å²) in [5.74, 6) is 0.587. The van der Waals surface area contributed by atoms with Crippen molar-refractivity contribution in [1.29, 1.82) is 0 Å². The highest BCUT2D eigenvalue weighted by Gasteiger charge is 2.26. The van der Waals surface area contributed by atoms with E-state index in [1.165, 1.54) is 25.7 Å². The van der Waals surface area contributed by atoms with Crippen LogP contribution in [0.2, 0.25) is 0 Å². The molecular weight excluding hydrogens is 124 g/mol. The summed E-state index contributed by atoms with van der Waals surface area (Å²) in [7, 11) is 0. The molecule has 1 heteroatoms. The van der Waals surface area contributed by atoms with Crippen LogP contribution < -0.4 is 0 Å². The minimum Gasteiger partial charge on any atom is -0.396 e. The molecule has 1 N–H and O–H groups in total. The van der Waals surface area contributed by atoms with Gasteiger partial charge in [0, 0.05) is 6.61 Å². The van der Waals surface area contributed by atoms with Gasteiger partial charge < -0.3 is 5.11 Å². The van der Waals surface area contributed by atoms with Crippen LogP contribution in [0.5, 0.6) is 0 Å². The fourth-order valence-corrected chi connectivity index (χ4v) is 2.01. The molecule has 0 amide bonds. The zero-order chi connectivity index (χ0) is 7.61. The predicted octanol–water partition coefficient (Wildman–Crippen LogP) is 2.20. The Labute approximate surface area is 63.4 Å². The van der Waals surface area contributed by atoms with Crippen LogP contribution in [0.1, 0.15) is 39.5 Å². The smallest absolute Gasteiger partial charge is 0.0459 e. The Hall–Kier alpha value is -0.0400. The van der Waals surface area contributed by atoms with Gasteiger partial charge in [-0.05, 0) is 30.6 Å². The zero-order valence-electron chi connectivity index (χ0n) is 7.06. The molecule has 0 heterocycles. The number of hydrogen-bond donors (Lipinski definition) is 1. The molecule has 0 bridgehead atoms. The standard InChI is InChI=1S/C9H18O/c1-9(2)5-3-4-8(6-9)7-10/h8,10H,3-7H2,1-2H3/t8-/m1/s1. The van der Waals surface area contributed by atoms with Crippen LogP contribution in [0.4, 0.5) is 0 Å². The molecule has 0 saturated heterocycles. The Balaban J connectivity index is 2.40. The van der Waals surface area contributed by atoms with Gasteiger partial charge in [0.05, 0.1) is 0 Å². The molecule has 1 saturated carbocycles. The molecule has 10 heavy (non-hydrogen) atoms. The van der Waals surface area contributed by atoms with Crippen LogP contribution in [0, 0.1) is 11.3 Å². The van der Waals surface area contributed by atoms with E-state index in [4.69, 9.17) is 5.11 Å². The van der Waals surface area contributed by atoms with E-state index < -0.39 is 0 Å². The molecule has 1 atom stereocenters. The predicted molar refractivity (Wildman–Crippen MR) is 42.8 cm³/mol. The molecule has 0 aromatic rings. The Morgan fingerprint density at radius 2 is 2.20 bits per heavy atom. The maximum Gasteiger partial charge on any atom is 0.0459 e. The van der Waals surface area contributed by atoms with Crippen molar-refractivity contribution in [3.8, 4) is 0 Å². The second-order valence-electron chi connectivity index (χ2n) is 4.31. The fourth-order valence-electron chi connectivity index (χ4n) is 2.01. The molecule has 0 aromatic carbocycles. The molecule has 1 rings (SSSR count). The molecule has 0 aliphatic heterocycles. The van der Waals surface area contributed by atoms with E-state index in [2.05, 4.69) is 13.8 Å². The first-order valence-corrected chi connectivity index (χ1v) is 4.25. The second-order valence-corrected chi connectivity index (χ2v) is 4.31. The van der Waals surface area contributed by atoms with Crippen LogP contribution in [0.3, 0.4) is 0 Å². The van der Waals surface area contributed by atoms with Crippen molar-refractivity contribution in [3.05, 3.63) is 0 Å². The van der Waals surface area contributed by atoms with E-state index in [-0.39, 0.29) is 0 Å². The van der Waals surface area contributed by atoms with Crippen molar-refractivity contribution in [1.82, 2.24) is 0 Å². The second kappa shape index (κ2) is 2.91. The fraction of sp³-hybridized carbons (Fsp3) is 1.00. The van der Waals surface area contributed by atoms with E-state index in [1.54, 1.807) is 0 Å². The normalized spacial score (nSPS) is 32.1. The third-order valence-corrected chi connectivity index (χ3v) is 2.57. The molecule has 1 nitrogen and oxygen atoms in total. The third kappa shape index (κ3) is 1.98. The molecule has 0 radical (unpaired) electrons. The Morgan fingerprint density at radius 3 is 2.60 bits per heavy atom. The largest absolute Gasteiger partial charge is 0.396 e. The average molecular weight is 142 g/mol. The molecule has 0 aromatic heterocycles. The summed E-state index contributed by atoms with van der Waals surface area (Å²) in [6, 6.07) is 0. The number of hydrogen-bond acceptors (Lipinski definition) is 1. The van der Waals surface area contributed by atoms with Crippen molar-refractivity contribution in [2.45, 2.75) is 39.5 Å². The van der Waals surface area contributed by atoms with Crippen LogP contribution in [-0.4, -0.2) is 11.7 Å². The quantitative estimate of drug-likeness (QED) is 0.595. The summed E-state index contributed by atoms with van der Waals surface area (Å²) < 4.78 is 0. The van der Waals surface area contributed by atoms with E-state index in [9.17, 15) is 0 Å². The Kier molecular flexibility index (Phi) is 2.35. The molecule has 0 spiro atoms. The minimum absolute atomic E-state index is 0.392. The van der Waals surface area contributed by atoms with E-state index in [0.717, 1.165) is 0 Å². The van der Waals surface area contributed by atoms with Crippen molar-refractivity contribution in [2.24, 2.45) is 11.3 Å². The van der Waals surface area contributed by atoms with Gasteiger partial charge >= 0.3 is 0 Å². The topological polar surface area (TPSA) is 20.2 Å².